The standard InChI is InChI=1S/C14H17N5O3/c1-10-16-11(9-12(17-10)19-6-2-5-15-19)18-7-3-14(22,4-8-18)13(20)21/h2,5-6,9,22H,3-4,7-8H2,1H3,(H,20,21). The highest BCUT2D eigenvalue weighted by Gasteiger charge is 2.39. The number of anilines is 1. The highest BCUT2D eigenvalue weighted by Crippen LogP contribution is 2.26. The molecule has 2 N–H and O–H groups in total. The number of aromatic nitrogens is 4. The lowest BCUT2D eigenvalue weighted by molar-refractivity contribution is -0.160. The minimum absolute atomic E-state index is 0.169. The maximum Gasteiger partial charge on any atom is 0.335 e. The molecule has 1 aliphatic rings. The molecule has 22 heavy (non-hydrogen) atoms. The van der Waals surface area contributed by atoms with Gasteiger partial charge >= 0.3 is 5.97 Å². The van der Waals surface area contributed by atoms with Crippen LogP contribution in [0, 0.1) is 6.92 Å². The molecule has 0 radical (unpaired) electrons. The van der Waals surface area contributed by atoms with Crippen molar-refractivity contribution in [2.24, 2.45) is 0 Å². The van der Waals surface area contributed by atoms with Crippen LogP contribution in [0.5, 0.6) is 0 Å². The molecule has 0 aromatic carbocycles. The minimum atomic E-state index is -1.64. The second-order valence-electron chi connectivity index (χ2n) is 5.41. The fourth-order valence-corrected chi connectivity index (χ4v) is 2.54. The van der Waals surface area contributed by atoms with Crippen molar-refractivity contribution in [3.8, 4) is 5.82 Å². The van der Waals surface area contributed by atoms with Gasteiger partial charge in [-0.3, -0.25) is 0 Å². The van der Waals surface area contributed by atoms with Gasteiger partial charge in [0.25, 0.3) is 0 Å². The van der Waals surface area contributed by atoms with E-state index in [1.54, 1.807) is 24.0 Å². The molecule has 0 saturated carbocycles. The molecule has 3 rings (SSSR count). The summed E-state index contributed by atoms with van der Waals surface area (Å²) in [5.74, 6) is 0.822. The summed E-state index contributed by atoms with van der Waals surface area (Å²) in [7, 11) is 0. The van der Waals surface area contributed by atoms with Gasteiger partial charge in [0.05, 0.1) is 0 Å². The Bertz CT molecular complexity index is 678. The van der Waals surface area contributed by atoms with Gasteiger partial charge in [0, 0.05) is 44.4 Å². The summed E-state index contributed by atoms with van der Waals surface area (Å²) in [5.41, 5.74) is -1.64. The lowest BCUT2D eigenvalue weighted by atomic mass is 9.92. The Hall–Kier alpha value is -2.48. The van der Waals surface area contributed by atoms with Gasteiger partial charge in [-0.05, 0) is 13.0 Å². The summed E-state index contributed by atoms with van der Waals surface area (Å²) in [4.78, 5) is 21.8. The normalized spacial score (nSPS) is 17.5. The molecule has 0 unspecified atom stereocenters. The molecule has 0 spiro atoms. The second kappa shape index (κ2) is 5.38. The van der Waals surface area contributed by atoms with Crippen LogP contribution in [-0.2, 0) is 4.79 Å². The van der Waals surface area contributed by atoms with Crippen molar-refractivity contribution in [1.82, 2.24) is 19.7 Å². The number of aliphatic hydroxyl groups is 1. The Labute approximate surface area is 127 Å². The number of aryl methyl sites for hydroxylation is 1. The number of carbonyl (C=O) groups is 1. The molecule has 2 aromatic heterocycles. The van der Waals surface area contributed by atoms with E-state index in [1.807, 2.05) is 17.0 Å². The molecule has 8 heteroatoms. The number of carboxylic acid groups (broad SMARTS) is 1. The molecular formula is C14H17N5O3. The topological polar surface area (TPSA) is 104 Å². The Balaban J connectivity index is 1.83. The SMILES string of the molecule is Cc1nc(N2CCC(O)(C(=O)O)CC2)cc(-n2cccn2)n1. The average Bonchev–Trinajstić information content (AvgIpc) is 3.01. The lowest BCUT2D eigenvalue weighted by Gasteiger charge is -2.36. The van der Waals surface area contributed by atoms with E-state index in [2.05, 4.69) is 15.1 Å². The van der Waals surface area contributed by atoms with E-state index >= 15 is 0 Å². The molecule has 0 aliphatic carbocycles. The smallest absolute Gasteiger partial charge is 0.335 e. The average molecular weight is 303 g/mol. The summed E-state index contributed by atoms with van der Waals surface area (Å²) in [5, 5.41) is 23.2. The van der Waals surface area contributed by atoms with Crippen LogP contribution >= 0.6 is 0 Å². The van der Waals surface area contributed by atoms with Crippen LogP contribution in [0.15, 0.2) is 24.5 Å². The fraction of sp³-hybridized carbons (Fsp3) is 0.429. The van der Waals surface area contributed by atoms with Crippen LogP contribution in [0.1, 0.15) is 18.7 Å². The Morgan fingerprint density at radius 1 is 1.27 bits per heavy atom. The fourth-order valence-electron chi connectivity index (χ4n) is 2.54. The highest BCUT2D eigenvalue weighted by molar-refractivity contribution is 5.77. The summed E-state index contributed by atoms with van der Waals surface area (Å²) in [6.07, 6.45) is 3.81. The summed E-state index contributed by atoms with van der Waals surface area (Å²) in [6, 6.07) is 3.62. The first-order valence-electron chi connectivity index (χ1n) is 7.04. The molecule has 116 valence electrons. The monoisotopic (exact) mass is 303 g/mol. The van der Waals surface area contributed by atoms with Crippen LogP contribution in [0.3, 0.4) is 0 Å². The Morgan fingerprint density at radius 2 is 1.95 bits per heavy atom. The first-order chi connectivity index (χ1) is 10.5. The highest BCUT2D eigenvalue weighted by atomic mass is 16.4. The van der Waals surface area contributed by atoms with Crippen molar-refractivity contribution in [3.63, 3.8) is 0 Å². The maximum absolute atomic E-state index is 11.1. The van der Waals surface area contributed by atoms with Gasteiger partial charge in [-0.25, -0.2) is 19.4 Å². The molecule has 0 amide bonds. The molecule has 1 aliphatic heterocycles. The number of nitrogens with zero attached hydrogens (tertiary/aromatic N) is 5. The maximum atomic E-state index is 11.1. The number of aliphatic carboxylic acids is 1. The van der Waals surface area contributed by atoms with E-state index in [4.69, 9.17) is 5.11 Å². The molecule has 1 fully saturated rings. The van der Waals surface area contributed by atoms with E-state index in [0.29, 0.717) is 30.5 Å². The van der Waals surface area contributed by atoms with Crippen molar-refractivity contribution >= 4 is 11.8 Å². The zero-order valence-electron chi connectivity index (χ0n) is 12.2. The zero-order chi connectivity index (χ0) is 15.7. The van der Waals surface area contributed by atoms with Gasteiger partial charge in [0.1, 0.15) is 11.6 Å². The molecule has 0 atom stereocenters. The van der Waals surface area contributed by atoms with Crippen molar-refractivity contribution < 1.29 is 15.0 Å². The van der Waals surface area contributed by atoms with Crippen molar-refractivity contribution in [2.75, 3.05) is 18.0 Å². The second-order valence-corrected chi connectivity index (χ2v) is 5.41. The number of carboxylic acids is 1. The van der Waals surface area contributed by atoms with Crippen LogP contribution in [0.4, 0.5) is 5.82 Å². The zero-order valence-corrected chi connectivity index (χ0v) is 12.2. The molecular weight excluding hydrogens is 286 g/mol. The summed E-state index contributed by atoms with van der Waals surface area (Å²) >= 11 is 0. The minimum Gasteiger partial charge on any atom is -0.479 e. The van der Waals surface area contributed by atoms with E-state index in [-0.39, 0.29) is 12.8 Å². The lowest BCUT2D eigenvalue weighted by Crippen LogP contribution is -2.49. The van der Waals surface area contributed by atoms with E-state index in [1.165, 1.54) is 0 Å². The third-order valence-corrected chi connectivity index (χ3v) is 3.86. The van der Waals surface area contributed by atoms with Crippen LogP contribution in [0.2, 0.25) is 0 Å². The van der Waals surface area contributed by atoms with Crippen molar-refractivity contribution in [1.29, 1.82) is 0 Å². The summed E-state index contributed by atoms with van der Waals surface area (Å²) in [6.45, 7) is 2.66. The van der Waals surface area contributed by atoms with Crippen LogP contribution < -0.4 is 4.90 Å². The van der Waals surface area contributed by atoms with Gasteiger partial charge < -0.3 is 15.1 Å². The first kappa shape index (κ1) is 14.5. The molecule has 1 saturated heterocycles. The van der Waals surface area contributed by atoms with Gasteiger partial charge in [-0.2, -0.15) is 5.10 Å². The van der Waals surface area contributed by atoms with Crippen LogP contribution in [-0.4, -0.2) is 54.6 Å². The van der Waals surface area contributed by atoms with Crippen molar-refractivity contribution in [3.05, 3.63) is 30.4 Å². The predicted molar refractivity (Wildman–Crippen MR) is 77.9 cm³/mol. The quantitative estimate of drug-likeness (QED) is 0.845. The Morgan fingerprint density at radius 3 is 2.55 bits per heavy atom. The number of hydrogen-bond donors (Lipinski definition) is 2. The Kier molecular flexibility index (Phi) is 3.53. The van der Waals surface area contributed by atoms with Gasteiger partial charge in [-0.1, -0.05) is 0 Å². The number of hydrogen-bond acceptors (Lipinski definition) is 6. The van der Waals surface area contributed by atoms with Crippen LogP contribution in [0.25, 0.3) is 5.82 Å². The largest absolute Gasteiger partial charge is 0.479 e. The molecule has 8 nitrogen and oxygen atoms in total. The van der Waals surface area contributed by atoms with E-state index in [9.17, 15) is 9.90 Å². The number of piperidine rings is 1. The van der Waals surface area contributed by atoms with Gasteiger partial charge in [-0.15, -0.1) is 0 Å². The van der Waals surface area contributed by atoms with Crippen molar-refractivity contribution in [2.45, 2.75) is 25.4 Å². The van der Waals surface area contributed by atoms with E-state index < -0.39 is 11.6 Å². The number of rotatable bonds is 3. The van der Waals surface area contributed by atoms with Gasteiger partial charge in [0.15, 0.2) is 11.4 Å². The van der Waals surface area contributed by atoms with Gasteiger partial charge in [0.2, 0.25) is 0 Å². The van der Waals surface area contributed by atoms with E-state index in [0.717, 1.165) is 0 Å². The molecule has 3 heterocycles. The summed E-state index contributed by atoms with van der Waals surface area (Å²) < 4.78 is 1.65. The first-order valence-corrected chi connectivity index (χ1v) is 7.04. The molecule has 2 aromatic rings. The predicted octanol–water partition coefficient (Wildman–Crippen LogP) is 0.387. The third kappa shape index (κ3) is 2.64. The molecule has 0 bridgehead atoms. The third-order valence-electron chi connectivity index (χ3n) is 3.86.